The molecule has 0 aromatic heterocycles. The van der Waals surface area contributed by atoms with Crippen LogP contribution in [0.5, 0.6) is 0 Å². The quantitative estimate of drug-likeness (QED) is 0.352. The number of nitrogens with one attached hydrogen (secondary N) is 2. The largest absolute Gasteiger partial charge is 0.352 e. The molecule has 0 bridgehead atoms. The van der Waals surface area contributed by atoms with E-state index in [9.17, 15) is 4.79 Å². The predicted molar refractivity (Wildman–Crippen MR) is 49.6 cm³/mol. The molecule has 0 fully saturated rings. The van der Waals surface area contributed by atoms with Crippen LogP contribution in [0.2, 0.25) is 0 Å². The van der Waals surface area contributed by atoms with E-state index in [1.165, 1.54) is 0 Å². The first kappa shape index (κ1) is 14.0. The second kappa shape index (κ2) is 8.60. The minimum atomic E-state index is -0.833. The van der Waals surface area contributed by atoms with Gasteiger partial charge in [0.1, 0.15) is 0 Å². The minimum absolute atomic E-state index is 0.00231. The van der Waals surface area contributed by atoms with E-state index >= 15 is 0 Å². The Morgan fingerprint density at radius 1 is 1.31 bits per heavy atom. The lowest BCUT2D eigenvalue weighted by Crippen LogP contribution is -2.45. The highest BCUT2D eigenvalue weighted by atomic mass is 16.2. The van der Waals surface area contributed by atoms with Crippen molar-refractivity contribution in [1.82, 2.24) is 10.6 Å². The fourth-order valence-electron chi connectivity index (χ4n) is 0.550. The molecule has 7 heteroatoms. The Labute approximate surface area is 77.0 Å². The SMILES string of the molecule is CCC(NC)NC(N)=O.NC(N)=O. The normalized spacial score (nSPS) is 10.6. The molecular weight excluding hydrogens is 174 g/mol. The number of urea groups is 2. The molecular formula is C6H17N5O2. The number of primary amides is 3. The number of hydrogen-bond donors (Lipinski definition) is 5. The number of carbonyl (C=O) groups excluding carboxylic acids is 2. The van der Waals surface area contributed by atoms with Gasteiger partial charge in [0.15, 0.2) is 0 Å². The van der Waals surface area contributed by atoms with Crippen LogP contribution in [0.1, 0.15) is 13.3 Å². The first-order valence-electron chi connectivity index (χ1n) is 3.72. The summed E-state index contributed by atoms with van der Waals surface area (Å²) in [5, 5.41) is 5.38. The molecule has 4 amide bonds. The Hall–Kier alpha value is -1.50. The van der Waals surface area contributed by atoms with E-state index in [-0.39, 0.29) is 6.17 Å². The molecule has 78 valence electrons. The van der Waals surface area contributed by atoms with E-state index in [0.29, 0.717) is 0 Å². The fourth-order valence-corrected chi connectivity index (χ4v) is 0.550. The van der Waals surface area contributed by atoms with Crippen molar-refractivity contribution in [2.45, 2.75) is 19.5 Å². The first-order valence-corrected chi connectivity index (χ1v) is 3.72. The molecule has 0 aliphatic rings. The Bertz CT molecular complexity index is 153. The van der Waals surface area contributed by atoms with Crippen LogP contribution in [0.25, 0.3) is 0 Å². The van der Waals surface area contributed by atoms with Crippen molar-refractivity contribution in [2.24, 2.45) is 17.2 Å². The van der Waals surface area contributed by atoms with Crippen LogP contribution in [0.4, 0.5) is 9.59 Å². The average molecular weight is 191 g/mol. The van der Waals surface area contributed by atoms with E-state index in [4.69, 9.17) is 10.5 Å². The summed E-state index contributed by atoms with van der Waals surface area (Å²) in [6.07, 6.45) is 0.835. The standard InChI is InChI=1S/C5H13N3O.CH4N2O/c1-3-4(7-2)8-5(6)9;2-1(3)4/h4,7H,3H2,1-2H3,(H3,6,8,9);(H4,2,3,4). The van der Waals surface area contributed by atoms with Crippen molar-refractivity contribution >= 4 is 12.1 Å². The van der Waals surface area contributed by atoms with Crippen molar-refractivity contribution in [3.8, 4) is 0 Å². The van der Waals surface area contributed by atoms with Crippen LogP contribution in [0.15, 0.2) is 0 Å². The number of nitrogens with two attached hydrogens (primary N) is 3. The van der Waals surface area contributed by atoms with Crippen LogP contribution in [-0.4, -0.2) is 25.3 Å². The van der Waals surface area contributed by atoms with Gasteiger partial charge in [0.2, 0.25) is 0 Å². The van der Waals surface area contributed by atoms with E-state index in [1.54, 1.807) is 7.05 Å². The molecule has 0 spiro atoms. The molecule has 7 nitrogen and oxygen atoms in total. The van der Waals surface area contributed by atoms with Crippen molar-refractivity contribution in [1.29, 1.82) is 0 Å². The Balaban J connectivity index is 0. The van der Waals surface area contributed by atoms with Crippen LogP contribution in [0.3, 0.4) is 0 Å². The van der Waals surface area contributed by atoms with Gasteiger partial charge in [-0.15, -0.1) is 0 Å². The fraction of sp³-hybridized carbons (Fsp3) is 0.667. The zero-order valence-electron chi connectivity index (χ0n) is 7.83. The second-order valence-corrected chi connectivity index (χ2v) is 2.16. The zero-order chi connectivity index (χ0) is 10.9. The summed E-state index contributed by atoms with van der Waals surface area (Å²) in [5.41, 5.74) is 13.4. The van der Waals surface area contributed by atoms with Crippen molar-refractivity contribution < 1.29 is 9.59 Å². The number of carbonyl (C=O) groups is 2. The first-order chi connectivity index (χ1) is 5.93. The Morgan fingerprint density at radius 2 is 1.69 bits per heavy atom. The smallest absolute Gasteiger partial charge is 0.313 e. The second-order valence-electron chi connectivity index (χ2n) is 2.16. The summed E-state index contributed by atoms with van der Waals surface area (Å²) in [6, 6.07) is -1.32. The maximum atomic E-state index is 10.2. The third-order valence-corrected chi connectivity index (χ3v) is 1.07. The Kier molecular flexibility index (Phi) is 9.29. The monoisotopic (exact) mass is 191 g/mol. The zero-order valence-corrected chi connectivity index (χ0v) is 7.83. The van der Waals surface area contributed by atoms with Gasteiger partial charge in [-0.3, -0.25) is 0 Å². The molecule has 0 saturated heterocycles. The summed E-state index contributed by atoms with van der Waals surface area (Å²) < 4.78 is 0. The van der Waals surface area contributed by atoms with E-state index < -0.39 is 12.1 Å². The molecule has 8 N–H and O–H groups in total. The molecule has 1 atom stereocenters. The summed E-state index contributed by atoms with van der Waals surface area (Å²) in [7, 11) is 1.77. The molecule has 0 aliphatic carbocycles. The van der Waals surface area contributed by atoms with Gasteiger partial charge in [-0.1, -0.05) is 6.92 Å². The summed E-state index contributed by atoms with van der Waals surface area (Å²) in [4.78, 5) is 19.2. The molecule has 0 aromatic carbocycles. The maximum Gasteiger partial charge on any atom is 0.313 e. The summed E-state index contributed by atoms with van der Waals surface area (Å²) >= 11 is 0. The van der Waals surface area contributed by atoms with Crippen molar-refractivity contribution in [3.63, 3.8) is 0 Å². The van der Waals surface area contributed by atoms with Gasteiger partial charge < -0.3 is 27.8 Å². The molecule has 13 heavy (non-hydrogen) atoms. The van der Waals surface area contributed by atoms with Crippen molar-refractivity contribution in [2.75, 3.05) is 7.05 Å². The minimum Gasteiger partial charge on any atom is -0.352 e. The van der Waals surface area contributed by atoms with Crippen LogP contribution in [0, 0.1) is 0 Å². The third-order valence-electron chi connectivity index (χ3n) is 1.07. The Morgan fingerprint density at radius 3 is 1.77 bits per heavy atom. The summed E-state index contributed by atoms with van der Waals surface area (Å²) in [6.45, 7) is 1.96. The molecule has 0 aromatic rings. The van der Waals surface area contributed by atoms with Crippen molar-refractivity contribution in [3.05, 3.63) is 0 Å². The molecule has 0 radical (unpaired) electrons. The molecule has 1 unspecified atom stereocenters. The van der Waals surface area contributed by atoms with E-state index in [1.807, 2.05) is 6.92 Å². The summed E-state index contributed by atoms with van der Waals surface area (Å²) in [5.74, 6) is 0. The van der Waals surface area contributed by atoms with Crippen LogP contribution < -0.4 is 27.8 Å². The molecule has 0 heterocycles. The van der Waals surface area contributed by atoms with Crippen LogP contribution >= 0.6 is 0 Å². The van der Waals surface area contributed by atoms with Gasteiger partial charge >= 0.3 is 12.1 Å². The van der Waals surface area contributed by atoms with Gasteiger partial charge in [0.05, 0.1) is 6.17 Å². The van der Waals surface area contributed by atoms with Gasteiger partial charge in [-0.2, -0.15) is 0 Å². The third kappa shape index (κ3) is 18.0. The lowest BCUT2D eigenvalue weighted by Gasteiger charge is -2.12. The van der Waals surface area contributed by atoms with E-state index in [0.717, 1.165) is 6.42 Å². The van der Waals surface area contributed by atoms with Gasteiger partial charge in [0.25, 0.3) is 0 Å². The molecule has 0 aliphatic heterocycles. The maximum absolute atomic E-state index is 10.2. The van der Waals surface area contributed by atoms with E-state index in [2.05, 4.69) is 22.1 Å². The highest BCUT2D eigenvalue weighted by molar-refractivity contribution is 5.71. The lowest BCUT2D eigenvalue weighted by molar-refractivity contribution is 0.243. The molecule has 0 saturated carbocycles. The highest BCUT2D eigenvalue weighted by Gasteiger charge is 2.01. The number of hydrogen-bond acceptors (Lipinski definition) is 3. The van der Waals surface area contributed by atoms with Gasteiger partial charge in [0, 0.05) is 0 Å². The average Bonchev–Trinajstić information content (AvgIpc) is 1.98. The van der Waals surface area contributed by atoms with Gasteiger partial charge in [-0.05, 0) is 13.5 Å². The lowest BCUT2D eigenvalue weighted by atomic mass is 10.4. The number of amides is 4. The highest BCUT2D eigenvalue weighted by Crippen LogP contribution is 1.81. The molecule has 0 rings (SSSR count). The predicted octanol–water partition coefficient (Wildman–Crippen LogP) is -1.37. The topological polar surface area (TPSA) is 136 Å². The van der Waals surface area contributed by atoms with Gasteiger partial charge in [-0.25, -0.2) is 9.59 Å². The van der Waals surface area contributed by atoms with Crippen LogP contribution in [-0.2, 0) is 0 Å². The number of rotatable bonds is 3.